The number of alkyl halides is 3. The Morgan fingerprint density at radius 3 is 2.54 bits per heavy atom. The molecule has 0 atom stereocenters. The molecule has 3 nitrogen and oxygen atoms in total. The highest BCUT2D eigenvalue weighted by atomic mass is 32.1. The molecule has 0 N–H and O–H groups in total. The van der Waals surface area contributed by atoms with Crippen LogP contribution in [0, 0.1) is 13.8 Å². The monoisotopic (exact) mass is 384 g/mol. The third kappa shape index (κ3) is 5.71. The van der Waals surface area contributed by atoms with E-state index in [1.165, 1.54) is 13.2 Å². The minimum atomic E-state index is -4.38. The fourth-order valence-corrected chi connectivity index (χ4v) is 3.36. The lowest BCUT2D eigenvalue weighted by Gasteiger charge is -2.11. The number of aryl methyl sites for hydroxylation is 2. The first-order chi connectivity index (χ1) is 12.2. The molecule has 1 heterocycles. The van der Waals surface area contributed by atoms with Gasteiger partial charge >= 0.3 is 6.18 Å². The van der Waals surface area contributed by atoms with Crippen molar-refractivity contribution in [1.29, 1.82) is 0 Å². The van der Waals surface area contributed by atoms with Gasteiger partial charge in [-0.05, 0) is 43.7 Å². The van der Waals surface area contributed by atoms with E-state index in [2.05, 4.69) is 0 Å². The predicted molar refractivity (Wildman–Crippen MR) is 95.9 cm³/mol. The highest BCUT2D eigenvalue weighted by Gasteiger charge is 2.27. The lowest BCUT2D eigenvalue weighted by atomic mass is 10.1. The van der Waals surface area contributed by atoms with E-state index in [0.29, 0.717) is 22.4 Å². The molecule has 0 aliphatic heterocycles. The van der Waals surface area contributed by atoms with Crippen LogP contribution in [0.3, 0.4) is 0 Å². The quantitative estimate of drug-likeness (QED) is 0.477. The van der Waals surface area contributed by atoms with Crippen molar-refractivity contribution in [3.05, 3.63) is 56.8 Å². The van der Waals surface area contributed by atoms with Crippen LogP contribution in [0.2, 0.25) is 0 Å². The molecule has 2 rings (SSSR count). The molecule has 26 heavy (non-hydrogen) atoms. The first kappa shape index (κ1) is 20.2. The molecule has 0 saturated carbocycles. The summed E-state index contributed by atoms with van der Waals surface area (Å²) in [4.78, 5) is 14.3. The second kappa shape index (κ2) is 8.51. The Labute approximate surface area is 154 Å². The van der Waals surface area contributed by atoms with Crippen LogP contribution in [-0.2, 0) is 11.3 Å². The predicted octanol–water partition coefficient (Wildman–Crippen LogP) is 5.35. The van der Waals surface area contributed by atoms with Crippen molar-refractivity contribution in [3.8, 4) is 5.75 Å². The van der Waals surface area contributed by atoms with Crippen LogP contribution in [0.1, 0.15) is 31.2 Å². The fraction of sp³-hybridized carbons (Fsp3) is 0.316. The molecule has 7 heteroatoms. The number of carbonyl (C=O) groups is 1. The Balaban J connectivity index is 2.13. The second-order valence-corrected chi connectivity index (χ2v) is 7.16. The molecule has 0 fully saturated rings. The maximum atomic E-state index is 12.3. The number of halogens is 3. The van der Waals surface area contributed by atoms with Gasteiger partial charge in [-0.3, -0.25) is 4.79 Å². The van der Waals surface area contributed by atoms with Crippen LogP contribution in [0.15, 0.2) is 30.3 Å². The van der Waals surface area contributed by atoms with Crippen LogP contribution in [0.4, 0.5) is 13.2 Å². The van der Waals surface area contributed by atoms with Gasteiger partial charge in [-0.25, -0.2) is 0 Å². The van der Waals surface area contributed by atoms with Gasteiger partial charge in [-0.2, -0.15) is 13.2 Å². The number of methoxy groups -OCH3 is 1. The van der Waals surface area contributed by atoms with Gasteiger partial charge in [0.2, 0.25) is 0 Å². The lowest BCUT2D eigenvalue weighted by molar-refractivity contribution is -0.176. The van der Waals surface area contributed by atoms with Crippen molar-refractivity contribution >= 4 is 23.2 Å². The van der Waals surface area contributed by atoms with E-state index in [1.54, 1.807) is 35.6 Å². The molecule has 1 aromatic carbocycles. The number of hydrogen-bond donors (Lipinski definition) is 0. The van der Waals surface area contributed by atoms with Gasteiger partial charge in [0.15, 0.2) is 5.78 Å². The number of ether oxygens (including phenoxy) is 2. The number of thiophene rings is 1. The minimum absolute atomic E-state index is 0.113. The van der Waals surface area contributed by atoms with E-state index in [-0.39, 0.29) is 12.4 Å². The topological polar surface area (TPSA) is 35.5 Å². The van der Waals surface area contributed by atoms with E-state index in [1.807, 2.05) is 19.9 Å². The molecule has 0 bridgehead atoms. The number of carbonyl (C=O) groups excluding carboxylic acids is 1. The van der Waals surface area contributed by atoms with Crippen LogP contribution in [-0.4, -0.2) is 25.7 Å². The lowest BCUT2D eigenvalue weighted by Crippen LogP contribution is -2.16. The highest BCUT2D eigenvalue weighted by molar-refractivity contribution is 7.12. The Hall–Kier alpha value is -2.12. The summed E-state index contributed by atoms with van der Waals surface area (Å²) in [5.41, 5.74) is 1.81. The number of benzene rings is 1. The molecule has 0 aliphatic carbocycles. The Kier molecular flexibility index (Phi) is 6.61. The summed E-state index contributed by atoms with van der Waals surface area (Å²) < 4.78 is 46.5. The maximum absolute atomic E-state index is 12.3. The van der Waals surface area contributed by atoms with Crippen molar-refractivity contribution in [2.24, 2.45) is 0 Å². The summed E-state index contributed by atoms with van der Waals surface area (Å²) in [6, 6.07) is 6.85. The molecule has 140 valence electrons. The van der Waals surface area contributed by atoms with E-state index in [4.69, 9.17) is 9.47 Å². The van der Waals surface area contributed by atoms with Crippen LogP contribution >= 0.6 is 11.3 Å². The average molecular weight is 384 g/mol. The summed E-state index contributed by atoms with van der Waals surface area (Å²) in [5, 5.41) is 0. The first-order valence-electron chi connectivity index (χ1n) is 7.80. The van der Waals surface area contributed by atoms with Crippen LogP contribution in [0.5, 0.6) is 5.75 Å². The standard InChI is InChI=1S/C19H19F3O3S/c1-12-8-16(13(2)26-12)17(23)6-4-14-5-7-18(24-3)15(9-14)10-25-11-19(20,21)22/h4-9H,10-11H2,1-3H3. The van der Waals surface area contributed by atoms with Gasteiger partial charge in [0.1, 0.15) is 12.4 Å². The smallest absolute Gasteiger partial charge is 0.411 e. The summed E-state index contributed by atoms with van der Waals surface area (Å²) >= 11 is 1.56. The molecule has 0 aliphatic rings. The zero-order chi connectivity index (χ0) is 19.3. The van der Waals surface area contributed by atoms with Gasteiger partial charge < -0.3 is 9.47 Å². The molecule has 0 radical (unpaired) electrons. The fourth-order valence-electron chi connectivity index (χ4n) is 2.43. The van der Waals surface area contributed by atoms with Crippen molar-refractivity contribution in [2.75, 3.05) is 13.7 Å². The summed E-state index contributed by atoms with van der Waals surface area (Å²) in [6.45, 7) is 2.27. The molecule has 2 aromatic rings. The second-order valence-electron chi connectivity index (χ2n) is 5.70. The molecule has 0 saturated heterocycles. The third-order valence-electron chi connectivity index (χ3n) is 3.56. The van der Waals surface area contributed by atoms with Crippen molar-refractivity contribution in [1.82, 2.24) is 0 Å². The summed E-state index contributed by atoms with van der Waals surface area (Å²) in [6.07, 6.45) is -1.30. The first-order valence-corrected chi connectivity index (χ1v) is 8.62. The average Bonchev–Trinajstić information content (AvgIpc) is 2.90. The molecular weight excluding hydrogens is 365 g/mol. The van der Waals surface area contributed by atoms with Gasteiger partial charge in [0.05, 0.1) is 13.7 Å². The number of ketones is 1. The Morgan fingerprint density at radius 2 is 1.96 bits per heavy atom. The van der Waals surface area contributed by atoms with E-state index in [0.717, 1.165) is 9.75 Å². The van der Waals surface area contributed by atoms with Crippen LogP contribution < -0.4 is 4.74 Å². The zero-order valence-electron chi connectivity index (χ0n) is 14.6. The number of allylic oxidation sites excluding steroid dienone is 1. The Bertz CT molecular complexity index is 807. The Morgan fingerprint density at radius 1 is 1.23 bits per heavy atom. The summed E-state index contributed by atoms with van der Waals surface area (Å²) in [7, 11) is 1.43. The van der Waals surface area contributed by atoms with E-state index < -0.39 is 12.8 Å². The van der Waals surface area contributed by atoms with Crippen LogP contribution in [0.25, 0.3) is 6.08 Å². The molecule has 0 unspecified atom stereocenters. The number of rotatable bonds is 7. The van der Waals surface area contributed by atoms with E-state index in [9.17, 15) is 18.0 Å². The third-order valence-corrected chi connectivity index (χ3v) is 4.53. The number of hydrogen-bond acceptors (Lipinski definition) is 4. The largest absolute Gasteiger partial charge is 0.496 e. The van der Waals surface area contributed by atoms with Gasteiger partial charge in [-0.15, -0.1) is 11.3 Å². The molecule has 0 amide bonds. The van der Waals surface area contributed by atoms with Crippen molar-refractivity contribution in [2.45, 2.75) is 26.6 Å². The summed E-state index contributed by atoms with van der Waals surface area (Å²) in [5.74, 6) is 0.317. The maximum Gasteiger partial charge on any atom is 0.411 e. The highest BCUT2D eigenvalue weighted by Crippen LogP contribution is 2.24. The van der Waals surface area contributed by atoms with E-state index >= 15 is 0 Å². The molecule has 1 aromatic heterocycles. The van der Waals surface area contributed by atoms with Crippen molar-refractivity contribution in [3.63, 3.8) is 0 Å². The SMILES string of the molecule is COc1ccc(C=CC(=O)c2cc(C)sc2C)cc1COCC(F)(F)F. The zero-order valence-corrected chi connectivity index (χ0v) is 15.5. The normalized spacial score (nSPS) is 11.9. The molecule has 0 spiro atoms. The minimum Gasteiger partial charge on any atom is -0.496 e. The van der Waals surface area contributed by atoms with Crippen molar-refractivity contribution < 1.29 is 27.4 Å². The molecular formula is C19H19F3O3S. The van der Waals surface area contributed by atoms with Gasteiger partial charge in [0, 0.05) is 20.9 Å². The van der Waals surface area contributed by atoms with Gasteiger partial charge in [-0.1, -0.05) is 12.1 Å². The van der Waals surface area contributed by atoms with Gasteiger partial charge in [0.25, 0.3) is 0 Å².